The first-order valence-corrected chi connectivity index (χ1v) is 48.5. The SMILES string of the molecule is c1ccc(-c2ccc(N(c3ccccc3)c3ccc(-c4ccc5c(c4)-c4ccccc4C5)cc3)cc2)cc1.c1ccc(-c2cccc(N(c3ccccc3)c3ccc(-c4ccc5c(c4)-c4ccccc4C5)cc3)c2)cc1.c1ccc(N(c2ccccc2)c2ccc(-c3ccc4c(c3)-c3ccccc3C4)cc2)cc1.c1ccc(N(c2ccccc2)c2cccc(-c3ccc4c(c3)-c3ccccc3C4)c2)cc1. The molecule has 0 N–H and O–H groups in total. The number of nitrogens with zero attached hydrogens (tertiary/aromatic N) is 4. The Bertz CT molecular complexity index is 8020. The first kappa shape index (κ1) is 86.2. The zero-order valence-corrected chi connectivity index (χ0v) is 77.7. The second-order valence-electron chi connectivity index (χ2n) is 36.2. The van der Waals surface area contributed by atoms with Gasteiger partial charge in [-0.15, -0.1) is 0 Å². The van der Waals surface area contributed by atoms with Gasteiger partial charge in [-0.2, -0.15) is 0 Å². The van der Waals surface area contributed by atoms with E-state index < -0.39 is 0 Å². The summed E-state index contributed by atoms with van der Waals surface area (Å²) in [4.78, 5) is 9.25. The van der Waals surface area contributed by atoms with Gasteiger partial charge in [0.2, 0.25) is 0 Å². The lowest BCUT2D eigenvalue weighted by atomic mass is 9.98. The van der Waals surface area contributed by atoms with Crippen LogP contribution in [0.1, 0.15) is 44.5 Å². The summed E-state index contributed by atoms with van der Waals surface area (Å²) in [5.41, 5.74) is 50.9. The van der Waals surface area contributed by atoms with E-state index in [1.54, 1.807) is 0 Å². The van der Waals surface area contributed by atoms with Gasteiger partial charge in [-0.1, -0.05) is 388 Å². The molecule has 0 radical (unpaired) electrons. The number of anilines is 12. The minimum atomic E-state index is 1.03. The molecular formula is C136H100N4. The molecule has 0 amide bonds. The molecule has 22 aromatic carbocycles. The highest BCUT2D eigenvalue weighted by Crippen LogP contribution is 2.48. The Labute approximate surface area is 821 Å². The van der Waals surface area contributed by atoms with Crippen LogP contribution in [0.5, 0.6) is 0 Å². The molecule has 0 saturated carbocycles. The molecule has 0 unspecified atom stereocenters. The van der Waals surface area contributed by atoms with Crippen LogP contribution in [0.4, 0.5) is 68.2 Å². The number of para-hydroxylation sites is 6. The number of rotatable bonds is 18. The van der Waals surface area contributed by atoms with Gasteiger partial charge in [0, 0.05) is 68.2 Å². The highest BCUT2D eigenvalue weighted by Gasteiger charge is 2.26. The average molecular weight is 1790 g/mol. The first-order valence-electron chi connectivity index (χ1n) is 48.5. The number of fused-ring (bicyclic) bond motifs is 12. The molecule has 4 aliphatic rings. The van der Waals surface area contributed by atoms with Gasteiger partial charge >= 0.3 is 0 Å². The maximum Gasteiger partial charge on any atom is 0.0467 e. The normalized spacial score (nSPS) is 11.6. The van der Waals surface area contributed by atoms with E-state index in [1.807, 2.05) is 0 Å². The number of benzene rings is 22. The third-order valence-electron chi connectivity index (χ3n) is 27.5. The lowest BCUT2D eigenvalue weighted by Gasteiger charge is -2.26. The summed E-state index contributed by atoms with van der Waals surface area (Å²) in [5, 5.41) is 0. The Morgan fingerprint density at radius 3 is 0.500 bits per heavy atom. The van der Waals surface area contributed by atoms with Gasteiger partial charge < -0.3 is 19.6 Å². The Balaban J connectivity index is 0.000000104. The Kier molecular flexibility index (Phi) is 24.3. The van der Waals surface area contributed by atoms with Crippen molar-refractivity contribution in [2.75, 3.05) is 19.6 Å². The maximum atomic E-state index is 2.36. The summed E-state index contributed by atoms with van der Waals surface area (Å²) in [6.45, 7) is 0. The molecule has 0 aliphatic heterocycles. The van der Waals surface area contributed by atoms with Crippen molar-refractivity contribution in [3.05, 3.63) is 603 Å². The molecule has 22 aromatic rings. The van der Waals surface area contributed by atoms with E-state index in [-0.39, 0.29) is 0 Å². The predicted octanol–water partition coefficient (Wildman–Crippen LogP) is 36.9. The Hall–Kier alpha value is -18.0. The van der Waals surface area contributed by atoms with Crippen LogP contribution < -0.4 is 19.6 Å². The van der Waals surface area contributed by atoms with Gasteiger partial charge in [0.1, 0.15) is 0 Å². The third kappa shape index (κ3) is 18.2. The molecule has 0 fully saturated rings. The number of hydrogen-bond acceptors (Lipinski definition) is 4. The standard InChI is InChI=1S/2C37H27N.2C31H23N/c1-3-10-27(11-4-1)29-13-9-16-35(25-29)38(33-14-5-2-6-15-33)34-22-20-28(21-23-34)30-18-19-32-24-31-12-7-8-17-36(31)37(32)26-30;1-3-9-27(10-4-1)28-17-21-34(22-18-28)38(33-12-5-2-6-13-33)35-23-19-29(20-24-35)30-15-16-32-25-31-11-7-8-14-36(31)37(32)26-30;1-3-12-27(13-4-1)32(28-14-5-2-6-15-28)29-16-9-11-23(21-29)24-18-19-26-20-25-10-7-8-17-30(25)31(26)22-24;1-3-10-27(11-4-1)32(28-12-5-2-6-13-28)29-19-17-23(18-20-29)24-15-16-26-21-25-9-7-8-14-30(25)31(26)22-24/h1-23,25-26H,24H2;1-24,26H,25H2;1-19,21-22H,20H2;1-20,22H,21H2. The molecule has 0 aromatic heterocycles. The highest BCUT2D eigenvalue weighted by atomic mass is 15.2. The maximum absolute atomic E-state index is 2.36. The van der Waals surface area contributed by atoms with Crippen LogP contribution >= 0.6 is 0 Å². The molecule has 26 rings (SSSR count). The molecule has 0 saturated heterocycles. The fraction of sp³-hybridized carbons (Fsp3) is 0.0294. The summed E-state index contributed by atoms with van der Waals surface area (Å²) in [5.74, 6) is 0. The van der Waals surface area contributed by atoms with E-state index >= 15 is 0 Å². The van der Waals surface area contributed by atoms with Gasteiger partial charge in [0.05, 0.1) is 0 Å². The third-order valence-corrected chi connectivity index (χ3v) is 27.5. The Morgan fingerprint density at radius 1 is 0.0929 bits per heavy atom. The van der Waals surface area contributed by atoms with Crippen molar-refractivity contribution >= 4 is 68.2 Å². The summed E-state index contributed by atoms with van der Waals surface area (Å²) < 4.78 is 0. The Morgan fingerprint density at radius 2 is 0.243 bits per heavy atom. The van der Waals surface area contributed by atoms with Crippen molar-refractivity contribution in [2.45, 2.75) is 25.7 Å². The molecule has 4 heteroatoms. The number of hydrogen-bond donors (Lipinski definition) is 0. The second kappa shape index (κ2) is 39.5. The monoisotopic (exact) mass is 1790 g/mol. The van der Waals surface area contributed by atoms with Crippen LogP contribution in [0.25, 0.3) is 111 Å². The summed E-state index contributed by atoms with van der Waals surface area (Å²) in [6, 6.07) is 200. The molecule has 4 nitrogen and oxygen atoms in total. The van der Waals surface area contributed by atoms with Crippen LogP contribution in [0, 0.1) is 0 Å². The fourth-order valence-corrected chi connectivity index (χ4v) is 20.6. The van der Waals surface area contributed by atoms with Crippen LogP contribution in [0.15, 0.2) is 558 Å². The summed E-state index contributed by atoms with van der Waals surface area (Å²) >= 11 is 0. The van der Waals surface area contributed by atoms with Gasteiger partial charge in [0.25, 0.3) is 0 Å². The lowest BCUT2D eigenvalue weighted by Crippen LogP contribution is -2.09. The van der Waals surface area contributed by atoms with E-state index in [1.165, 1.54) is 156 Å². The summed E-state index contributed by atoms with van der Waals surface area (Å²) in [6.07, 6.45) is 4.12. The lowest BCUT2D eigenvalue weighted by molar-refractivity contribution is 1.26. The highest BCUT2D eigenvalue weighted by molar-refractivity contribution is 5.91. The predicted molar refractivity (Wildman–Crippen MR) is 590 cm³/mol. The molecule has 0 heterocycles. The van der Waals surface area contributed by atoms with Gasteiger partial charge in [0.15, 0.2) is 0 Å². The van der Waals surface area contributed by atoms with Crippen molar-refractivity contribution in [1.29, 1.82) is 0 Å². The molecule has 664 valence electrons. The van der Waals surface area contributed by atoms with Gasteiger partial charge in [-0.05, 0) is 351 Å². The van der Waals surface area contributed by atoms with Crippen molar-refractivity contribution < 1.29 is 0 Å². The van der Waals surface area contributed by atoms with E-state index in [0.29, 0.717) is 0 Å². The molecular weight excluding hydrogens is 1690 g/mol. The second-order valence-corrected chi connectivity index (χ2v) is 36.2. The van der Waals surface area contributed by atoms with Crippen LogP contribution in [-0.4, -0.2) is 0 Å². The van der Waals surface area contributed by atoms with E-state index in [0.717, 1.165) is 93.9 Å². The zero-order chi connectivity index (χ0) is 93.3. The zero-order valence-electron chi connectivity index (χ0n) is 77.7. The minimum absolute atomic E-state index is 1.03. The average Bonchev–Trinajstić information content (AvgIpc) is 1.62. The molecule has 0 bridgehead atoms. The van der Waals surface area contributed by atoms with Crippen molar-refractivity contribution in [2.24, 2.45) is 0 Å². The van der Waals surface area contributed by atoms with Crippen molar-refractivity contribution in [3.8, 4) is 111 Å². The van der Waals surface area contributed by atoms with Crippen molar-refractivity contribution in [1.82, 2.24) is 0 Å². The molecule has 0 spiro atoms. The molecule has 4 aliphatic carbocycles. The molecule has 0 atom stereocenters. The first-order chi connectivity index (χ1) is 69.4. The van der Waals surface area contributed by atoms with Crippen LogP contribution in [0.3, 0.4) is 0 Å². The van der Waals surface area contributed by atoms with Crippen LogP contribution in [-0.2, 0) is 25.7 Å². The topological polar surface area (TPSA) is 13.0 Å². The van der Waals surface area contributed by atoms with E-state index in [4.69, 9.17) is 0 Å². The van der Waals surface area contributed by atoms with Gasteiger partial charge in [-0.25, -0.2) is 0 Å². The van der Waals surface area contributed by atoms with E-state index in [2.05, 4.69) is 578 Å². The van der Waals surface area contributed by atoms with Crippen molar-refractivity contribution in [3.63, 3.8) is 0 Å². The smallest absolute Gasteiger partial charge is 0.0467 e. The fourth-order valence-electron chi connectivity index (χ4n) is 20.6. The van der Waals surface area contributed by atoms with Gasteiger partial charge in [-0.3, -0.25) is 0 Å². The van der Waals surface area contributed by atoms with Crippen LogP contribution in [0.2, 0.25) is 0 Å². The largest absolute Gasteiger partial charge is 0.311 e. The summed E-state index contributed by atoms with van der Waals surface area (Å²) in [7, 11) is 0. The minimum Gasteiger partial charge on any atom is -0.311 e. The van der Waals surface area contributed by atoms with E-state index in [9.17, 15) is 0 Å². The molecule has 140 heavy (non-hydrogen) atoms. The quantitative estimate of drug-likeness (QED) is 0.0849.